The van der Waals surface area contributed by atoms with Crippen molar-refractivity contribution < 1.29 is 23.9 Å². The van der Waals surface area contributed by atoms with Gasteiger partial charge in [0, 0.05) is 5.69 Å². The van der Waals surface area contributed by atoms with Crippen LogP contribution in [0.25, 0.3) is 6.08 Å². The van der Waals surface area contributed by atoms with Crippen molar-refractivity contribution in [3.63, 3.8) is 0 Å². The average molecular weight is 454 g/mol. The molecule has 0 aliphatic carbocycles. The van der Waals surface area contributed by atoms with Gasteiger partial charge in [-0.15, -0.1) is 0 Å². The minimum atomic E-state index is -0.584. The Balaban J connectivity index is 1.61. The summed E-state index contributed by atoms with van der Waals surface area (Å²) >= 11 is 0.775. The van der Waals surface area contributed by atoms with Crippen LogP contribution in [0.1, 0.15) is 30.9 Å². The van der Waals surface area contributed by atoms with E-state index in [2.05, 4.69) is 19.2 Å². The zero-order valence-corrected chi connectivity index (χ0v) is 18.5. The fourth-order valence-corrected chi connectivity index (χ4v) is 3.74. The SMILES string of the molecule is CC(C)c1ccc(NC(=O)CN2C(=O)S/C(=C\c3ccc(OCC(N)=O)cc3)C2=O)cc1. The van der Waals surface area contributed by atoms with Crippen molar-refractivity contribution in [2.75, 3.05) is 18.5 Å². The molecule has 1 heterocycles. The van der Waals surface area contributed by atoms with E-state index in [0.717, 1.165) is 22.2 Å². The van der Waals surface area contributed by atoms with Crippen LogP contribution >= 0.6 is 11.8 Å². The highest BCUT2D eigenvalue weighted by Crippen LogP contribution is 2.32. The Morgan fingerprint density at radius 1 is 1.09 bits per heavy atom. The van der Waals surface area contributed by atoms with E-state index in [1.807, 2.05) is 12.1 Å². The first-order chi connectivity index (χ1) is 15.2. The molecule has 1 saturated heterocycles. The van der Waals surface area contributed by atoms with Gasteiger partial charge < -0.3 is 15.8 Å². The van der Waals surface area contributed by atoms with Crippen LogP contribution in [0, 0.1) is 0 Å². The molecule has 0 radical (unpaired) electrons. The lowest BCUT2D eigenvalue weighted by Gasteiger charge is -2.13. The maximum absolute atomic E-state index is 12.6. The summed E-state index contributed by atoms with van der Waals surface area (Å²) in [5.41, 5.74) is 7.44. The predicted octanol–water partition coefficient (Wildman–Crippen LogP) is 3.35. The van der Waals surface area contributed by atoms with Gasteiger partial charge in [-0.3, -0.25) is 24.1 Å². The molecule has 0 aromatic heterocycles. The van der Waals surface area contributed by atoms with Gasteiger partial charge in [-0.25, -0.2) is 0 Å². The van der Waals surface area contributed by atoms with Gasteiger partial charge >= 0.3 is 0 Å². The summed E-state index contributed by atoms with van der Waals surface area (Å²) in [6.45, 7) is 3.55. The normalized spacial score (nSPS) is 14.8. The number of primary amides is 1. The number of thioether (sulfide) groups is 1. The molecule has 0 atom stereocenters. The third-order valence-corrected chi connectivity index (χ3v) is 5.50. The summed E-state index contributed by atoms with van der Waals surface area (Å²) < 4.78 is 5.18. The minimum Gasteiger partial charge on any atom is -0.484 e. The zero-order chi connectivity index (χ0) is 23.3. The van der Waals surface area contributed by atoms with E-state index in [9.17, 15) is 19.2 Å². The van der Waals surface area contributed by atoms with Crippen molar-refractivity contribution >= 4 is 46.5 Å². The number of carbonyl (C=O) groups is 4. The monoisotopic (exact) mass is 453 g/mol. The van der Waals surface area contributed by atoms with E-state index >= 15 is 0 Å². The van der Waals surface area contributed by atoms with Crippen molar-refractivity contribution in [1.29, 1.82) is 0 Å². The number of carbonyl (C=O) groups excluding carboxylic acids is 4. The first kappa shape index (κ1) is 23.1. The van der Waals surface area contributed by atoms with Gasteiger partial charge in [-0.1, -0.05) is 38.1 Å². The molecular weight excluding hydrogens is 430 g/mol. The number of hydrogen-bond donors (Lipinski definition) is 2. The average Bonchev–Trinajstić information content (AvgIpc) is 3.01. The lowest BCUT2D eigenvalue weighted by atomic mass is 10.0. The van der Waals surface area contributed by atoms with Crippen LogP contribution in [-0.4, -0.2) is 41.0 Å². The van der Waals surface area contributed by atoms with Gasteiger partial charge in [0.15, 0.2) is 6.61 Å². The van der Waals surface area contributed by atoms with Gasteiger partial charge in [0.2, 0.25) is 5.91 Å². The molecule has 0 saturated carbocycles. The molecule has 2 aromatic rings. The Morgan fingerprint density at radius 2 is 1.75 bits per heavy atom. The molecule has 32 heavy (non-hydrogen) atoms. The maximum Gasteiger partial charge on any atom is 0.294 e. The number of ether oxygens (including phenoxy) is 1. The molecule has 0 unspecified atom stereocenters. The van der Waals surface area contributed by atoms with Gasteiger partial charge in [-0.05, 0) is 59.1 Å². The highest BCUT2D eigenvalue weighted by molar-refractivity contribution is 8.18. The molecule has 3 rings (SSSR count). The molecule has 3 N–H and O–H groups in total. The number of rotatable bonds is 8. The second-order valence-corrected chi connectivity index (χ2v) is 8.41. The van der Waals surface area contributed by atoms with Crippen molar-refractivity contribution in [2.45, 2.75) is 19.8 Å². The lowest BCUT2D eigenvalue weighted by Crippen LogP contribution is -2.36. The first-order valence-electron chi connectivity index (χ1n) is 9.89. The Kier molecular flexibility index (Phi) is 7.32. The smallest absolute Gasteiger partial charge is 0.294 e. The molecule has 1 fully saturated rings. The summed E-state index contributed by atoms with van der Waals surface area (Å²) in [6, 6.07) is 14.0. The van der Waals surface area contributed by atoms with Crippen molar-refractivity contribution in [3.05, 3.63) is 64.6 Å². The lowest BCUT2D eigenvalue weighted by molar-refractivity contribution is -0.127. The largest absolute Gasteiger partial charge is 0.484 e. The van der Waals surface area contributed by atoms with Crippen molar-refractivity contribution in [3.8, 4) is 5.75 Å². The summed E-state index contributed by atoms with van der Waals surface area (Å²) in [5, 5.41) is 2.20. The van der Waals surface area contributed by atoms with Gasteiger partial charge in [0.05, 0.1) is 4.91 Å². The molecular formula is C23H23N3O5S. The van der Waals surface area contributed by atoms with Crippen LogP contribution < -0.4 is 15.8 Å². The van der Waals surface area contributed by atoms with Crippen molar-refractivity contribution in [2.24, 2.45) is 5.73 Å². The number of imide groups is 1. The van der Waals surface area contributed by atoms with Crippen molar-refractivity contribution in [1.82, 2.24) is 4.90 Å². The molecule has 2 aromatic carbocycles. The molecule has 1 aliphatic heterocycles. The highest BCUT2D eigenvalue weighted by Gasteiger charge is 2.36. The zero-order valence-electron chi connectivity index (χ0n) is 17.7. The molecule has 4 amide bonds. The minimum absolute atomic E-state index is 0.217. The Labute approximate surface area is 189 Å². The van der Waals surface area contributed by atoms with Crippen LogP contribution in [0.4, 0.5) is 10.5 Å². The summed E-state index contributed by atoms with van der Waals surface area (Å²) in [6.07, 6.45) is 1.56. The Bertz CT molecular complexity index is 1060. The van der Waals surface area contributed by atoms with E-state index in [-0.39, 0.29) is 18.1 Å². The van der Waals surface area contributed by atoms with Gasteiger partial charge in [0.25, 0.3) is 17.1 Å². The molecule has 9 heteroatoms. The Hall–Kier alpha value is -3.59. The maximum atomic E-state index is 12.6. The predicted molar refractivity (Wildman–Crippen MR) is 123 cm³/mol. The summed E-state index contributed by atoms with van der Waals surface area (Å²) in [7, 11) is 0. The Morgan fingerprint density at radius 3 is 2.34 bits per heavy atom. The van der Waals surface area contributed by atoms with E-state index < -0.39 is 23.0 Å². The van der Waals surface area contributed by atoms with E-state index in [0.29, 0.717) is 22.9 Å². The van der Waals surface area contributed by atoms with Crippen LogP contribution in [0.2, 0.25) is 0 Å². The molecule has 166 valence electrons. The van der Waals surface area contributed by atoms with Gasteiger partial charge in [-0.2, -0.15) is 0 Å². The van der Waals surface area contributed by atoms with E-state index in [1.54, 1.807) is 42.5 Å². The third-order valence-electron chi connectivity index (χ3n) is 4.60. The number of hydrogen-bond acceptors (Lipinski definition) is 6. The third kappa shape index (κ3) is 5.98. The first-order valence-corrected chi connectivity index (χ1v) is 10.7. The van der Waals surface area contributed by atoms with Crippen LogP contribution in [0.15, 0.2) is 53.4 Å². The molecule has 1 aliphatic rings. The fourth-order valence-electron chi connectivity index (χ4n) is 2.90. The number of nitrogens with one attached hydrogen (secondary N) is 1. The molecule has 0 spiro atoms. The number of benzene rings is 2. The quantitative estimate of drug-likeness (QED) is 0.592. The van der Waals surface area contributed by atoms with Crippen LogP contribution in [0.5, 0.6) is 5.75 Å². The van der Waals surface area contributed by atoms with Crippen LogP contribution in [0.3, 0.4) is 0 Å². The summed E-state index contributed by atoms with van der Waals surface area (Å²) in [4.78, 5) is 49.2. The summed E-state index contributed by atoms with van der Waals surface area (Å²) in [5.74, 6) is -0.742. The highest BCUT2D eigenvalue weighted by atomic mass is 32.2. The topological polar surface area (TPSA) is 119 Å². The number of amides is 4. The second kappa shape index (κ2) is 10.1. The molecule has 8 nitrogen and oxygen atoms in total. The molecule has 0 bridgehead atoms. The number of nitrogens with zero attached hydrogens (tertiary/aromatic N) is 1. The van der Waals surface area contributed by atoms with Crippen LogP contribution in [-0.2, 0) is 14.4 Å². The van der Waals surface area contributed by atoms with E-state index in [1.165, 1.54) is 0 Å². The number of anilines is 1. The second-order valence-electron chi connectivity index (χ2n) is 7.42. The standard InChI is InChI=1S/C23H23N3O5S/c1-14(2)16-5-7-17(8-6-16)25-21(28)12-26-22(29)19(32-23(26)30)11-15-3-9-18(10-4-15)31-13-20(24)27/h3-11,14H,12-13H2,1-2H3,(H2,24,27)(H,25,28)/b19-11-. The number of nitrogens with two attached hydrogens (primary N) is 1. The van der Waals surface area contributed by atoms with Gasteiger partial charge in [0.1, 0.15) is 12.3 Å². The fraction of sp³-hybridized carbons (Fsp3) is 0.217. The van der Waals surface area contributed by atoms with E-state index in [4.69, 9.17) is 10.5 Å².